The third-order valence-corrected chi connectivity index (χ3v) is 5.31. The second-order valence-corrected chi connectivity index (χ2v) is 8.34. The average Bonchev–Trinajstić information content (AvgIpc) is 2.56. The van der Waals surface area contributed by atoms with Gasteiger partial charge in [0.25, 0.3) is 0 Å². The maximum absolute atomic E-state index is 12.3. The third-order valence-electron chi connectivity index (χ3n) is 3.38. The van der Waals surface area contributed by atoms with E-state index in [0.29, 0.717) is 11.4 Å². The van der Waals surface area contributed by atoms with Crippen LogP contribution in [0.25, 0.3) is 0 Å². The zero-order valence-corrected chi connectivity index (χ0v) is 16.8. The molecule has 0 unspecified atom stereocenters. The van der Waals surface area contributed by atoms with Gasteiger partial charge in [0.05, 0.1) is 22.0 Å². The Labute approximate surface area is 167 Å². The largest absolute Gasteiger partial charge is 0.326 e. The van der Waals surface area contributed by atoms with Crippen molar-refractivity contribution in [2.24, 2.45) is 0 Å². The fraction of sp³-hybridized carbons (Fsp3) is 0.176. The SMILES string of the molecule is CC(=O)Nc1ccc(NC(=O)CN(c2cccc(Cl)c2Cl)S(C)(=O)=O)cc1. The number of carbonyl (C=O) groups is 2. The number of sulfonamides is 1. The standard InChI is InChI=1S/C17H17Cl2N3O4S/c1-11(23)20-12-6-8-13(9-7-12)21-16(24)10-22(27(2,25)26)15-5-3-4-14(18)17(15)19/h3-9H,10H2,1-2H3,(H,20,23)(H,21,24). The number of benzene rings is 2. The highest BCUT2D eigenvalue weighted by molar-refractivity contribution is 7.92. The van der Waals surface area contributed by atoms with E-state index >= 15 is 0 Å². The number of nitrogens with one attached hydrogen (secondary N) is 2. The van der Waals surface area contributed by atoms with E-state index in [9.17, 15) is 18.0 Å². The Morgan fingerprint density at radius 3 is 2.07 bits per heavy atom. The van der Waals surface area contributed by atoms with Gasteiger partial charge < -0.3 is 10.6 Å². The van der Waals surface area contributed by atoms with Crippen LogP contribution in [0.4, 0.5) is 17.1 Å². The van der Waals surface area contributed by atoms with Gasteiger partial charge >= 0.3 is 0 Å². The van der Waals surface area contributed by atoms with Crippen LogP contribution >= 0.6 is 23.2 Å². The molecular weight excluding hydrogens is 413 g/mol. The lowest BCUT2D eigenvalue weighted by Crippen LogP contribution is -2.37. The highest BCUT2D eigenvalue weighted by Gasteiger charge is 2.24. The Bertz CT molecular complexity index is 963. The number of anilines is 3. The molecule has 0 heterocycles. The van der Waals surface area contributed by atoms with Gasteiger partial charge in [0.15, 0.2) is 0 Å². The predicted octanol–water partition coefficient (Wildman–Crippen LogP) is 3.36. The summed E-state index contributed by atoms with van der Waals surface area (Å²) in [6.45, 7) is 0.906. The van der Waals surface area contributed by atoms with Gasteiger partial charge in [-0.25, -0.2) is 8.42 Å². The van der Waals surface area contributed by atoms with E-state index in [4.69, 9.17) is 23.2 Å². The molecule has 0 atom stereocenters. The van der Waals surface area contributed by atoms with Crippen molar-refractivity contribution >= 4 is 62.1 Å². The van der Waals surface area contributed by atoms with Crippen LogP contribution in [-0.4, -0.2) is 33.0 Å². The van der Waals surface area contributed by atoms with E-state index in [1.54, 1.807) is 30.3 Å². The molecule has 0 bridgehead atoms. The molecule has 10 heteroatoms. The first-order chi connectivity index (χ1) is 12.6. The summed E-state index contributed by atoms with van der Waals surface area (Å²) in [5.41, 5.74) is 1.13. The van der Waals surface area contributed by atoms with Crippen LogP contribution in [0.1, 0.15) is 6.92 Å². The van der Waals surface area contributed by atoms with Crippen LogP contribution in [-0.2, 0) is 19.6 Å². The molecule has 144 valence electrons. The summed E-state index contributed by atoms with van der Waals surface area (Å²) in [4.78, 5) is 23.4. The number of halogens is 2. The highest BCUT2D eigenvalue weighted by atomic mass is 35.5. The summed E-state index contributed by atoms with van der Waals surface area (Å²) >= 11 is 12.0. The van der Waals surface area contributed by atoms with Gasteiger partial charge in [0.1, 0.15) is 6.54 Å². The molecular formula is C17H17Cl2N3O4S. The van der Waals surface area contributed by atoms with Crippen LogP contribution in [0.15, 0.2) is 42.5 Å². The summed E-state index contributed by atoms with van der Waals surface area (Å²) in [6.07, 6.45) is 0.972. The molecule has 2 amide bonds. The van der Waals surface area contributed by atoms with Gasteiger partial charge in [0, 0.05) is 18.3 Å². The first-order valence-electron chi connectivity index (χ1n) is 7.67. The Balaban J connectivity index is 2.17. The van der Waals surface area contributed by atoms with Crippen LogP contribution in [0, 0.1) is 0 Å². The van der Waals surface area contributed by atoms with Gasteiger partial charge in [-0.15, -0.1) is 0 Å². The summed E-state index contributed by atoms with van der Waals surface area (Å²) in [7, 11) is -3.78. The van der Waals surface area contributed by atoms with Crippen molar-refractivity contribution in [1.82, 2.24) is 0 Å². The molecule has 0 aliphatic heterocycles. The van der Waals surface area contributed by atoms with E-state index in [2.05, 4.69) is 10.6 Å². The zero-order valence-electron chi connectivity index (χ0n) is 14.5. The van der Waals surface area contributed by atoms with Gasteiger partial charge in [0.2, 0.25) is 21.8 Å². The first kappa shape index (κ1) is 21.0. The lowest BCUT2D eigenvalue weighted by Gasteiger charge is -2.23. The van der Waals surface area contributed by atoms with Crippen molar-refractivity contribution in [2.45, 2.75) is 6.92 Å². The van der Waals surface area contributed by atoms with Crippen molar-refractivity contribution in [1.29, 1.82) is 0 Å². The van der Waals surface area contributed by atoms with Crippen molar-refractivity contribution in [2.75, 3.05) is 27.7 Å². The molecule has 0 radical (unpaired) electrons. The van der Waals surface area contributed by atoms with Gasteiger partial charge in [-0.2, -0.15) is 0 Å². The second-order valence-electron chi connectivity index (χ2n) is 5.65. The minimum atomic E-state index is -3.78. The van der Waals surface area contributed by atoms with E-state index in [1.807, 2.05) is 0 Å². The molecule has 2 rings (SSSR count). The second kappa shape index (κ2) is 8.60. The summed E-state index contributed by atoms with van der Waals surface area (Å²) < 4.78 is 25.1. The fourth-order valence-corrected chi connectivity index (χ4v) is 3.55. The maximum Gasteiger partial charge on any atom is 0.245 e. The van der Waals surface area contributed by atoms with Crippen LogP contribution in [0.5, 0.6) is 0 Å². The normalized spacial score (nSPS) is 11.0. The molecule has 2 aromatic rings. The van der Waals surface area contributed by atoms with Crippen molar-refractivity contribution < 1.29 is 18.0 Å². The third kappa shape index (κ3) is 5.85. The van der Waals surface area contributed by atoms with Crippen molar-refractivity contribution in [3.63, 3.8) is 0 Å². The van der Waals surface area contributed by atoms with Crippen LogP contribution in [0.2, 0.25) is 10.0 Å². The molecule has 0 fully saturated rings. The zero-order chi connectivity index (χ0) is 20.2. The predicted molar refractivity (Wildman–Crippen MR) is 108 cm³/mol. The van der Waals surface area contributed by atoms with Gasteiger partial charge in [-0.05, 0) is 36.4 Å². The van der Waals surface area contributed by atoms with Crippen LogP contribution < -0.4 is 14.9 Å². The monoisotopic (exact) mass is 429 g/mol. The molecule has 0 saturated carbocycles. The molecule has 7 nitrogen and oxygen atoms in total. The van der Waals surface area contributed by atoms with E-state index in [-0.39, 0.29) is 21.6 Å². The van der Waals surface area contributed by atoms with Crippen LogP contribution in [0.3, 0.4) is 0 Å². The molecule has 2 aromatic carbocycles. The topological polar surface area (TPSA) is 95.6 Å². The Morgan fingerprint density at radius 1 is 1.00 bits per heavy atom. The number of carbonyl (C=O) groups excluding carboxylic acids is 2. The highest BCUT2D eigenvalue weighted by Crippen LogP contribution is 2.33. The minimum absolute atomic E-state index is 0.0389. The Morgan fingerprint density at radius 2 is 1.56 bits per heavy atom. The number of hydrogen-bond donors (Lipinski definition) is 2. The number of hydrogen-bond acceptors (Lipinski definition) is 4. The molecule has 27 heavy (non-hydrogen) atoms. The molecule has 0 aliphatic rings. The Hall–Kier alpha value is -2.29. The van der Waals surface area contributed by atoms with Crippen molar-refractivity contribution in [3.05, 3.63) is 52.5 Å². The molecule has 2 N–H and O–H groups in total. The summed E-state index contributed by atoms with van der Waals surface area (Å²) in [5, 5.41) is 5.42. The van der Waals surface area contributed by atoms with Crippen molar-refractivity contribution in [3.8, 4) is 0 Å². The number of nitrogens with zero attached hydrogens (tertiary/aromatic N) is 1. The van der Waals surface area contributed by atoms with Gasteiger partial charge in [-0.1, -0.05) is 29.3 Å². The lowest BCUT2D eigenvalue weighted by atomic mass is 10.2. The summed E-state index contributed by atoms with van der Waals surface area (Å²) in [6, 6.07) is 10.9. The molecule has 0 aliphatic carbocycles. The average molecular weight is 430 g/mol. The lowest BCUT2D eigenvalue weighted by molar-refractivity contribution is -0.115. The molecule has 0 aromatic heterocycles. The van der Waals surface area contributed by atoms with Gasteiger partial charge in [-0.3, -0.25) is 13.9 Å². The Kier molecular flexibility index (Phi) is 6.69. The smallest absolute Gasteiger partial charge is 0.245 e. The fourth-order valence-electron chi connectivity index (χ4n) is 2.24. The van der Waals surface area contributed by atoms with E-state index in [0.717, 1.165) is 10.6 Å². The van der Waals surface area contributed by atoms with E-state index < -0.39 is 22.5 Å². The molecule has 0 saturated heterocycles. The quantitative estimate of drug-likeness (QED) is 0.735. The number of amides is 2. The number of rotatable bonds is 6. The van der Waals surface area contributed by atoms with E-state index in [1.165, 1.54) is 19.1 Å². The summed E-state index contributed by atoms with van der Waals surface area (Å²) in [5.74, 6) is -0.780. The maximum atomic E-state index is 12.3. The molecule has 0 spiro atoms. The first-order valence-corrected chi connectivity index (χ1v) is 10.3. The minimum Gasteiger partial charge on any atom is -0.326 e.